The predicted octanol–water partition coefficient (Wildman–Crippen LogP) is -0.132. The van der Waals surface area contributed by atoms with Gasteiger partial charge in [-0.25, -0.2) is 0 Å². The highest BCUT2D eigenvalue weighted by Crippen LogP contribution is 1.99. The lowest BCUT2D eigenvalue weighted by Gasteiger charge is -2.32. The van der Waals surface area contributed by atoms with Crippen LogP contribution in [0.4, 0.5) is 0 Å². The Morgan fingerprint density at radius 2 is 2.00 bits per heavy atom. The van der Waals surface area contributed by atoms with Gasteiger partial charge < -0.3 is 16.0 Å². The number of rotatable bonds is 7. The lowest BCUT2D eigenvalue weighted by atomic mass is 10.1. The lowest BCUT2D eigenvalue weighted by molar-refractivity contribution is -0.121. The minimum Gasteiger partial charge on any atom is -0.355 e. The SMILES string of the molecule is CCCC(N)CC(=O)NCCN1CCN(C)CC1. The van der Waals surface area contributed by atoms with Crippen molar-refractivity contribution in [2.75, 3.05) is 46.3 Å². The Balaban J connectivity index is 2.04. The quantitative estimate of drug-likeness (QED) is 0.666. The van der Waals surface area contributed by atoms with E-state index >= 15 is 0 Å². The molecule has 1 aliphatic heterocycles. The summed E-state index contributed by atoms with van der Waals surface area (Å²) in [7, 11) is 2.15. The number of nitrogens with zero attached hydrogens (tertiary/aromatic N) is 2. The van der Waals surface area contributed by atoms with Crippen molar-refractivity contribution >= 4 is 5.91 Å². The van der Waals surface area contributed by atoms with Crippen molar-refractivity contribution in [2.45, 2.75) is 32.2 Å². The summed E-state index contributed by atoms with van der Waals surface area (Å²) in [5, 5.41) is 2.96. The highest BCUT2D eigenvalue weighted by Gasteiger charge is 2.13. The van der Waals surface area contributed by atoms with Crippen molar-refractivity contribution in [2.24, 2.45) is 5.73 Å². The lowest BCUT2D eigenvalue weighted by Crippen LogP contribution is -2.47. The van der Waals surface area contributed by atoms with Gasteiger partial charge in [0, 0.05) is 51.7 Å². The molecule has 5 heteroatoms. The second-order valence-corrected chi connectivity index (χ2v) is 5.25. The van der Waals surface area contributed by atoms with Gasteiger partial charge in [-0.3, -0.25) is 9.69 Å². The van der Waals surface area contributed by atoms with E-state index in [1.165, 1.54) is 0 Å². The summed E-state index contributed by atoms with van der Waals surface area (Å²) in [6, 6.07) is 0.0126. The van der Waals surface area contributed by atoms with Gasteiger partial charge in [0.2, 0.25) is 5.91 Å². The largest absolute Gasteiger partial charge is 0.355 e. The van der Waals surface area contributed by atoms with Crippen molar-refractivity contribution in [1.29, 1.82) is 0 Å². The van der Waals surface area contributed by atoms with E-state index in [2.05, 4.69) is 29.1 Å². The first kappa shape index (κ1) is 15.4. The van der Waals surface area contributed by atoms with Crippen molar-refractivity contribution in [1.82, 2.24) is 15.1 Å². The van der Waals surface area contributed by atoms with Crippen LogP contribution in [0.3, 0.4) is 0 Å². The van der Waals surface area contributed by atoms with E-state index in [9.17, 15) is 4.79 Å². The molecule has 1 heterocycles. The Bertz CT molecular complexity index is 239. The molecular formula is C13H28N4O. The van der Waals surface area contributed by atoms with Crippen molar-refractivity contribution in [3.8, 4) is 0 Å². The summed E-state index contributed by atoms with van der Waals surface area (Å²) in [5.41, 5.74) is 5.84. The molecule has 0 spiro atoms. The fourth-order valence-electron chi connectivity index (χ4n) is 2.21. The number of likely N-dealkylation sites (N-methyl/N-ethyl adjacent to an activating group) is 1. The van der Waals surface area contributed by atoms with Crippen molar-refractivity contribution in [3.63, 3.8) is 0 Å². The molecule has 1 amide bonds. The first-order valence-electron chi connectivity index (χ1n) is 7.05. The molecule has 5 nitrogen and oxygen atoms in total. The van der Waals surface area contributed by atoms with Crippen LogP contribution in [0.2, 0.25) is 0 Å². The summed E-state index contributed by atoms with van der Waals surface area (Å²) < 4.78 is 0. The number of nitrogens with one attached hydrogen (secondary N) is 1. The fraction of sp³-hybridized carbons (Fsp3) is 0.923. The molecule has 0 aromatic rings. The van der Waals surface area contributed by atoms with Crippen LogP contribution in [0, 0.1) is 0 Å². The molecule has 0 bridgehead atoms. The molecule has 3 N–H and O–H groups in total. The van der Waals surface area contributed by atoms with Gasteiger partial charge in [-0.2, -0.15) is 0 Å². The van der Waals surface area contributed by atoms with E-state index in [0.29, 0.717) is 6.42 Å². The van der Waals surface area contributed by atoms with Crippen LogP contribution < -0.4 is 11.1 Å². The first-order valence-corrected chi connectivity index (χ1v) is 7.05. The van der Waals surface area contributed by atoms with Crippen molar-refractivity contribution in [3.05, 3.63) is 0 Å². The topological polar surface area (TPSA) is 61.6 Å². The maximum Gasteiger partial charge on any atom is 0.221 e. The zero-order valence-electron chi connectivity index (χ0n) is 11.8. The maximum absolute atomic E-state index is 11.6. The monoisotopic (exact) mass is 256 g/mol. The minimum absolute atomic E-state index is 0.0126. The number of nitrogens with two attached hydrogens (primary N) is 1. The normalized spacial score (nSPS) is 19.7. The minimum atomic E-state index is 0.0126. The smallest absolute Gasteiger partial charge is 0.221 e. The van der Waals surface area contributed by atoms with Gasteiger partial charge in [-0.05, 0) is 13.5 Å². The van der Waals surface area contributed by atoms with Gasteiger partial charge in [-0.15, -0.1) is 0 Å². The molecule has 1 atom stereocenters. The molecule has 0 aliphatic carbocycles. The third-order valence-corrected chi connectivity index (χ3v) is 3.45. The Morgan fingerprint density at radius 1 is 1.33 bits per heavy atom. The van der Waals surface area contributed by atoms with Crippen LogP contribution in [0.1, 0.15) is 26.2 Å². The Hall–Kier alpha value is -0.650. The van der Waals surface area contributed by atoms with E-state index in [0.717, 1.165) is 52.1 Å². The van der Waals surface area contributed by atoms with Gasteiger partial charge in [-0.1, -0.05) is 13.3 Å². The van der Waals surface area contributed by atoms with Crippen LogP contribution in [-0.4, -0.2) is 68.1 Å². The molecular weight excluding hydrogens is 228 g/mol. The molecule has 1 aliphatic rings. The van der Waals surface area contributed by atoms with E-state index < -0.39 is 0 Å². The first-order chi connectivity index (χ1) is 8.61. The molecule has 0 aromatic carbocycles. The third kappa shape index (κ3) is 6.33. The Morgan fingerprint density at radius 3 is 2.61 bits per heavy atom. The number of carbonyl (C=O) groups excluding carboxylic acids is 1. The average molecular weight is 256 g/mol. The zero-order valence-corrected chi connectivity index (χ0v) is 11.8. The number of carbonyl (C=O) groups is 1. The maximum atomic E-state index is 11.6. The number of amides is 1. The summed E-state index contributed by atoms with van der Waals surface area (Å²) >= 11 is 0. The summed E-state index contributed by atoms with van der Waals surface area (Å²) in [6.07, 6.45) is 2.41. The summed E-state index contributed by atoms with van der Waals surface area (Å²) in [5.74, 6) is 0.0880. The Kier molecular flexibility index (Phi) is 7.23. The predicted molar refractivity (Wildman–Crippen MR) is 74.4 cm³/mol. The van der Waals surface area contributed by atoms with E-state index in [-0.39, 0.29) is 11.9 Å². The van der Waals surface area contributed by atoms with Crippen LogP contribution in [0.15, 0.2) is 0 Å². The number of hydrogen-bond acceptors (Lipinski definition) is 4. The standard InChI is InChI=1S/C13H28N4O/c1-3-4-12(14)11-13(18)15-5-6-17-9-7-16(2)8-10-17/h12H,3-11,14H2,1-2H3,(H,15,18). The molecule has 0 saturated carbocycles. The molecule has 1 rings (SSSR count). The van der Waals surface area contributed by atoms with E-state index in [1.54, 1.807) is 0 Å². The summed E-state index contributed by atoms with van der Waals surface area (Å²) in [6.45, 7) is 8.21. The zero-order chi connectivity index (χ0) is 13.4. The van der Waals surface area contributed by atoms with Crippen LogP contribution in [0.25, 0.3) is 0 Å². The van der Waals surface area contributed by atoms with Crippen LogP contribution in [-0.2, 0) is 4.79 Å². The Labute approximate surface area is 111 Å². The number of piperazine rings is 1. The second-order valence-electron chi connectivity index (χ2n) is 5.25. The molecule has 1 fully saturated rings. The van der Waals surface area contributed by atoms with Crippen molar-refractivity contribution < 1.29 is 4.79 Å². The van der Waals surface area contributed by atoms with Crippen LogP contribution >= 0.6 is 0 Å². The third-order valence-electron chi connectivity index (χ3n) is 3.45. The molecule has 1 saturated heterocycles. The van der Waals surface area contributed by atoms with Crippen LogP contribution in [0.5, 0.6) is 0 Å². The molecule has 0 aromatic heterocycles. The average Bonchev–Trinajstić information content (AvgIpc) is 2.32. The van der Waals surface area contributed by atoms with E-state index in [4.69, 9.17) is 5.73 Å². The van der Waals surface area contributed by atoms with Gasteiger partial charge in [0.05, 0.1) is 0 Å². The highest BCUT2D eigenvalue weighted by atomic mass is 16.1. The second kappa shape index (κ2) is 8.45. The molecule has 18 heavy (non-hydrogen) atoms. The molecule has 1 unspecified atom stereocenters. The number of hydrogen-bond donors (Lipinski definition) is 2. The van der Waals surface area contributed by atoms with Gasteiger partial charge >= 0.3 is 0 Å². The van der Waals surface area contributed by atoms with Gasteiger partial charge in [0.25, 0.3) is 0 Å². The van der Waals surface area contributed by atoms with Gasteiger partial charge in [0.15, 0.2) is 0 Å². The van der Waals surface area contributed by atoms with Gasteiger partial charge in [0.1, 0.15) is 0 Å². The highest BCUT2D eigenvalue weighted by molar-refractivity contribution is 5.76. The molecule has 106 valence electrons. The van der Waals surface area contributed by atoms with E-state index in [1.807, 2.05) is 0 Å². The molecule has 0 radical (unpaired) electrons. The summed E-state index contributed by atoms with van der Waals surface area (Å²) in [4.78, 5) is 16.3. The fourth-order valence-corrected chi connectivity index (χ4v) is 2.21.